The zero-order valence-electron chi connectivity index (χ0n) is 46.5. The van der Waals surface area contributed by atoms with E-state index in [1.165, 1.54) is 11.1 Å². The lowest BCUT2D eigenvalue weighted by molar-refractivity contribution is 0.479. The predicted octanol–water partition coefficient (Wildman–Crippen LogP) is 19.5. The van der Waals surface area contributed by atoms with Gasteiger partial charge in [0.1, 0.15) is 11.6 Å². The lowest BCUT2D eigenvalue weighted by Crippen LogP contribution is -2.18. The Kier molecular flexibility index (Phi) is 12.6. The average molecular weight is 1020 g/mol. The van der Waals surface area contributed by atoms with E-state index >= 15 is 0 Å². The Balaban J connectivity index is 1.03. The number of rotatable bonds is 13. The fourth-order valence-corrected chi connectivity index (χ4v) is 11.8. The average Bonchev–Trinajstić information content (AvgIpc) is 4.38. The third kappa shape index (κ3) is 9.76. The molecule has 79 heavy (non-hydrogen) atoms. The predicted molar refractivity (Wildman–Crippen MR) is 328 cm³/mol. The van der Waals surface area contributed by atoms with Gasteiger partial charge in [0.05, 0.1) is 28.0 Å². The van der Waals surface area contributed by atoms with Crippen LogP contribution in [0.4, 0.5) is 0 Å². The molecule has 1 saturated carbocycles. The standard InChI is InChI=1S/C75H61N3O/c1-75(2,63-31-16-7-17-32-63)64-38-36-55(37-39-64)58-41-42-76-69(50-58)62-46-59(53-23-8-3-9-24-53)45-61(47-62)65-33-20-34-71-72(65)77-74(68-49-60(54-25-10-4-11-26-54)48-67(73(68)79)57-29-14-6-15-30-57)78(71)70-40-35-52(43-51-21-18-19-22-51)44-66(70)56-27-12-5-13-28-56/h3-17,20,23-42,44-51,79H,18-19,21-22,43H2,1-2H3/i43D2. The molecule has 4 nitrogen and oxygen atoms in total. The van der Waals surface area contributed by atoms with Gasteiger partial charge in [0.2, 0.25) is 0 Å². The third-order valence-electron chi connectivity index (χ3n) is 16.1. The zero-order valence-corrected chi connectivity index (χ0v) is 44.5. The quantitative estimate of drug-likeness (QED) is 0.125. The third-order valence-corrected chi connectivity index (χ3v) is 16.1. The Morgan fingerprint density at radius 2 is 1.00 bits per heavy atom. The maximum Gasteiger partial charge on any atom is 0.149 e. The van der Waals surface area contributed by atoms with Gasteiger partial charge in [-0.25, -0.2) is 4.98 Å². The van der Waals surface area contributed by atoms with Crippen molar-refractivity contribution in [2.24, 2.45) is 5.92 Å². The largest absolute Gasteiger partial charge is 0.507 e. The van der Waals surface area contributed by atoms with Crippen molar-refractivity contribution in [1.82, 2.24) is 14.5 Å². The van der Waals surface area contributed by atoms with Crippen molar-refractivity contribution < 1.29 is 7.85 Å². The van der Waals surface area contributed by atoms with Crippen molar-refractivity contribution in [2.45, 2.75) is 51.3 Å². The van der Waals surface area contributed by atoms with E-state index in [-0.39, 0.29) is 17.1 Å². The minimum atomic E-state index is -1.53. The van der Waals surface area contributed by atoms with Gasteiger partial charge in [-0.1, -0.05) is 234 Å². The van der Waals surface area contributed by atoms with E-state index in [4.69, 9.17) is 9.97 Å². The first-order valence-electron chi connectivity index (χ1n) is 28.6. The SMILES string of the molecule is [2H]C([2H])(c1ccc(-n2c(-c3cc(-c4ccccc4)cc(-c4ccccc4)c3O)nc3c(-c4cc(-c5ccccc5)cc(-c5cc(-c6ccc(C(C)(C)c7ccccc7)cc6)ccn5)c4)cccc32)c(-c2ccccc2)c1)C1CCCC1. The number of phenols is 1. The van der Waals surface area contributed by atoms with Gasteiger partial charge in [-0.2, -0.15) is 0 Å². The number of hydrogen-bond acceptors (Lipinski definition) is 3. The molecule has 0 atom stereocenters. The molecule has 1 N–H and O–H groups in total. The number of phenolic OH excluding ortho intramolecular Hbond substituents is 1. The van der Waals surface area contributed by atoms with Crippen molar-refractivity contribution in [3.63, 3.8) is 0 Å². The lowest BCUT2D eigenvalue weighted by Gasteiger charge is -2.26. The number of fused-ring (bicyclic) bond motifs is 1. The topological polar surface area (TPSA) is 50.9 Å². The van der Waals surface area contributed by atoms with E-state index < -0.39 is 6.37 Å². The molecule has 13 rings (SSSR count). The molecule has 0 aliphatic heterocycles. The van der Waals surface area contributed by atoms with Crippen molar-refractivity contribution >= 4 is 11.0 Å². The molecular weight excluding hydrogens is 959 g/mol. The number of hydrogen-bond donors (Lipinski definition) is 1. The Hall–Kier alpha value is -9.38. The van der Waals surface area contributed by atoms with Crippen molar-refractivity contribution in [3.8, 4) is 101 Å². The first kappa shape index (κ1) is 46.9. The van der Waals surface area contributed by atoms with Gasteiger partial charge in [0.25, 0.3) is 0 Å². The van der Waals surface area contributed by atoms with Crippen LogP contribution >= 0.6 is 0 Å². The Bertz CT molecular complexity index is 4210. The lowest BCUT2D eigenvalue weighted by atomic mass is 9.78. The second kappa shape index (κ2) is 21.2. The molecule has 1 aliphatic rings. The van der Waals surface area contributed by atoms with Crippen LogP contribution in [0.3, 0.4) is 0 Å². The minimum absolute atomic E-state index is 0.0631. The summed E-state index contributed by atoms with van der Waals surface area (Å²) < 4.78 is 21.4. The minimum Gasteiger partial charge on any atom is -0.507 e. The number of pyridine rings is 1. The molecule has 0 spiro atoms. The maximum atomic E-state index is 12.9. The number of benzene rings is 10. The number of aromatic hydroxyl groups is 1. The number of nitrogens with zero attached hydrogens (tertiary/aromatic N) is 3. The summed E-state index contributed by atoms with van der Waals surface area (Å²) in [6.07, 6.45) is 4.19. The van der Waals surface area contributed by atoms with Gasteiger partial charge in [-0.15, -0.1) is 0 Å². The van der Waals surface area contributed by atoms with Crippen LogP contribution in [0.1, 0.15) is 59.0 Å². The number of para-hydroxylation sites is 1. The summed E-state index contributed by atoms with van der Waals surface area (Å²) in [7, 11) is 0. The summed E-state index contributed by atoms with van der Waals surface area (Å²) in [5, 5.41) is 12.9. The summed E-state index contributed by atoms with van der Waals surface area (Å²) in [6.45, 7) is 4.55. The summed E-state index contributed by atoms with van der Waals surface area (Å²) in [4.78, 5) is 10.8. The first-order valence-corrected chi connectivity index (χ1v) is 27.6. The van der Waals surface area contributed by atoms with Crippen molar-refractivity contribution in [3.05, 3.63) is 278 Å². The second-order valence-corrected chi connectivity index (χ2v) is 21.5. The fraction of sp³-hybridized carbons (Fsp3) is 0.120. The van der Waals surface area contributed by atoms with E-state index in [9.17, 15) is 7.85 Å². The van der Waals surface area contributed by atoms with Gasteiger partial charge < -0.3 is 5.11 Å². The van der Waals surface area contributed by atoms with Crippen LogP contribution in [0.25, 0.3) is 106 Å². The zero-order chi connectivity index (χ0) is 55.1. The molecule has 12 aromatic rings. The molecule has 2 heterocycles. The Morgan fingerprint density at radius 3 is 1.66 bits per heavy atom. The van der Waals surface area contributed by atoms with E-state index in [0.29, 0.717) is 22.5 Å². The molecule has 0 saturated heterocycles. The normalized spacial score (nSPS) is 13.3. The van der Waals surface area contributed by atoms with Crippen LogP contribution in [-0.4, -0.2) is 19.6 Å². The smallest absolute Gasteiger partial charge is 0.149 e. The Labute approximate surface area is 466 Å². The summed E-state index contributed by atoms with van der Waals surface area (Å²) in [6, 6.07) is 88.3. The molecule has 0 bridgehead atoms. The molecule has 0 unspecified atom stereocenters. The number of aromatic nitrogens is 3. The van der Waals surface area contributed by atoms with Gasteiger partial charge >= 0.3 is 0 Å². The molecule has 10 aromatic carbocycles. The monoisotopic (exact) mass is 1020 g/mol. The van der Waals surface area contributed by atoms with Crippen LogP contribution in [0.15, 0.2) is 261 Å². The van der Waals surface area contributed by atoms with E-state index in [1.54, 1.807) is 0 Å². The highest BCUT2D eigenvalue weighted by molar-refractivity contribution is 5.99. The molecule has 4 heteroatoms. The van der Waals surface area contributed by atoms with Gasteiger partial charge in [-0.05, 0) is 140 Å². The summed E-state index contributed by atoms with van der Waals surface area (Å²) in [5.74, 6) is 0.607. The maximum absolute atomic E-state index is 12.9. The molecule has 0 radical (unpaired) electrons. The fourth-order valence-electron chi connectivity index (χ4n) is 11.8. The summed E-state index contributed by atoms with van der Waals surface area (Å²) in [5.41, 5.74) is 19.3. The van der Waals surface area contributed by atoms with Gasteiger partial charge in [0.15, 0.2) is 0 Å². The van der Waals surface area contributed by atoms with Crippen LogP contribution in [0.2, 0.25) is 0 Å². The first-order chi connectivity index (χ1) is 39.6. The molecule has 382 valence electrons. The molecular formula is C75H61N3O. The van der Waals surface area contributed by atoms with E-state index in [0.717, 1.165) is 115 Å². The van der Waals surface area contributed by atoms with Crippen LogP contribution in [0, 0.1) is 5.92 Å². The molecule has 0 amide bonds. The molecule has 2 aromatic heterocycles. The second-order valence-electron chi connectivity index (χ2n) is 21.5. The highest BCUT2D eigenvalue weighted by atomic mass is 16.3. The van der Waals surface area contributed by atoms with Gasteiger partial charge in [0, 0.05) is 36.6 Å². The van der Waals surface area contributed by atoms with Crippen molar-refractivity contribution in [2.75, 3.05) is 0 Å². The number of imidazole rings is 1. The van der Waals surface area contributed by atoms with E-state index in [1.807, 2.05) is 85.1 Å². The molecule has 1 fully saturated rings. The van der Waals surface area contributed by atoms with Crippen molar-refractivity contribution in [1.29, 1.82) is 0 Å². The highest BCUT2D eigenvalue weighted by Crippen LogP contribution is 2.46. The van der Waals surface area contributed by atoms with Crippen LogP contribution in [-0.2, 0) is 11.8 Å². The van der Waals surface area contributed by atoms with Crippen LogP contribution in [0.5, 0.6) is 5.75 Å². The summed E-state index contributed by atoms with van der Waals surface area (Å²) >= 11 is 0. The van der Waals surface area contributed by atoms with E-state index in [2.05, 4.69) is 194 Å². The van der Waals surface area contributed by atoms with Crippen LogP contribution < -0.4 is 0 Å². The Morgan fingerprint density at radius 1 is 0.456 bits per heavy atom. The highest BCUT2D eigenvalue weighted by Gasteiger charge is 2.27. The molecule has 1 aliphatic carbocycles. The van der Waals surface area contributed by atoms with Gasteiger partial charge in [-0.3, -0.25) is 9.55 Å².